The zero-order valence-corrected chi connectivity index (χ0v) is 16.3. The molecule has 0 radical (unpaired) electrons. The highest BCUT2D eigenvalue weighted by Crippen LogP contribution is 2.54. The first kappa shape index (κ1) is 18.2. The van der Waals surface area contributed by atoms with Gasteiger partial charge in [0.2, 0.25) is 5.91 Å². The first-order chi connectivity index (χ1) is 14.5. The highest BCUT2D eigenvalue weighted by Gasteiger charge is 2.59. The molecule has 1 spiro atoms. The second kappa shape index (κ2) is 6.62. The maximum absolute atomic E-state index is 13.4. The molecule has 2 amide bonds. The van der Waals surface area contributed by atoms with Crippen LogP contribution in [0.1, 0.15) is 39.8 Å². The van der Waals surface area contributed by atoms with Crippen molar-refractivity contribution >= 4 is 17.5 Å². The Balaban J connectivity index is 1.68. The van der Waals surface area contributed by atoms with E-state index in [1.807, 2.05) is 30.3 Å². The SMILES string of the molecule is Cc1ncc(C(=O)N2CCC3(C(=O)Nc4ccccc43)C2c2cccnc2)c(=O)[nH]1. The number of amides is 2. The second-order valence-electron chi connectivity index (χ2n) is 7.62. The van der Waals surface area contributed by atoms with Crippen molar-refractivity contribution < 1.29 is 9.59 Å². The van der Waals surface area contributed by atoms with E-state index in [1.54, 1.807) is 30.3 Å². The molecule has 3 aromatic rings. The average Bonchev–Trinajstić information content (AvgIpc) is 3.28. The van der Waals surface area contributed by atoms with Crippen LogP contribution in [0.3, 0.4) is 0 Å². The number of fused-ring (bicyclic) bond motifs is 2. The summed E-state index contributed by atoms with van der Waals surface area (Å²) in [5.41, 5.74) is 0.871. The number of nitrogens with zero attached hydrogens (tertiary/aromatic N) is 3. The zero-order valence-electron chi connectivity index (χ0n) is 16.3. The monoisotopic (exact) mass is 401 g/mol. The van der Waals surface area contributed by atoms with Gasteiger partial charge in [-0.3, -0.25) is 19.4 Å². The molecule has 5 rings (SSSR count). The average molecular weight is 401 g/mol. The van der Waals surface area contributed by atoms with E-state index in [-0.39, 0.29) is 11.5 Å². The van der Waals surface area contributed by atoms with Crippen LogP contribution in [-0.4, -0.2) is 38.2 Å². The van der Waals surface area contributed by atoms with E-state index in [2.05, 4.69) is 20.3 Å². The number of pyridine rings is 1. The molecule has 1 fully saturated rings. The minimum Gasteiger partial charge on any atom is -0.330 e. The van der Waals surface area contributed by atoms with E-state index in [0.717, 1.165) is 16.8 Å². The lowest BCUT2D eigenvalue weighted by molar-refractivity contribution is -0.121. The summed E-state index contributed by atoms with van der Waals surface area (Å²) in [7, 11) is 0. The van der Waals surface area contributed by atoms with Crippen LogP contribution in [0.4, 0.5) is 5.69 Å². The van der Waals surface area contributed by atoms with Crippen molar-refractivity contribution in [1.82, 2.24) is 19.9 Å². The molecule has 2 unspecified atom stereocenters. The molecule has 8 heteroatoms. The number of H-pyrrole nitrogens is 1. The Kier molecular flexibility index (Phi) is 4.02. The molecule has 150 valence electrons. The summed E-state index contributed by atoms with van der Waals surface area (Å²) >= 11 is 0. The number of anilines is 1. The standard InChI is InChI=1S/C22H19N5O3/c1-13-24-12-15(19(28)25-13)20(29)27-10-8-22(18(27)14-5-4-9-23-11-14)16-6-2-3-7-17(16)26-21(22)30/h2-7,9,11-12,18H,8,10H2,1H3,(H,26,30)(H,24,25,28). The summed E-state index contributed by atoms with van der Waals surface area (Å²) in [6, 6.07) is 10.6. The lowest BCUT2D eigenvalue weighted by Gasteiger charge is -2.34. The minimum atomic E-state index is -0.944. The Bertz CT molecular complexity index is 1220. The highest BCUT2D eigenvalue weighted by molar-refractivity contribution is 6.08. The number of aromatic amines is 1. The third kappa shape index (κ3) is 2.50. The third-order valence-corrected chi connectivity index (χ3v) is 6.00. The Morgan fingerprint density at radius 2 is 2.00 bits per heavy atom. The van der Waals surface area contributed by atoms with E-state index in [0.29, 0.717) is 18.8 Å². The molecule has 1 saturated heterocycles. The van der Waals surface area contributed by atoms with E-state index in [1.165, 1.54) is 6.20 Å². The zero-order chi connectivity index (χ0) is 20.9. The molecule has 2 aliphatic heterocycles. The van der Waals surface area contributed by atoms with Crippen molar-refractivity contribution in [3.63, 3.8) is 0 Å². The predicted octanol–water partition coefficient (Wildman–Crippen LogP) is 1.95. The van der Waals surface area contributed by atoms with Crippen LogP contribution >= 0.6 is 0 Å². The Morgan fingerprint density at radius 1 is 1.17 bits per heavy atom. The number of aryl methyl sites for hydroxylation is 1. The Morgan fingerprint density at radius 3 is 2.77 bits per heavy atom. The summed E-state index contributed by atoms with van der Waals surface area (Å²) in [6.45, 7) is 1.98. The molecule has 0 saturated carbocycles. The number of hydrogen-bond donors (Lipinski definition) is 2. The topological polar surface area (TPSA) is 108 Å². The number of benzene rings is 1. The van der Waals surface area contributed by atoms with E-state index >= 15 is 0 Å². The second-order valence-corrected chi connectivity index (χ2v) is 7.62. The summed E-state index contributed by atoms with van der Waals surface area (Å²) < 4.78 is 0. The first-order valence-electron chi connectivity index (χ1n) is 9.70. The summed E-state index contributed by atoms with van der Waals surface area (Å²) in [4.78, 5) is 51.6. The van der Waals surface area contributed by atoms with Gasteiger partial charge in [-0.05, 0) is 36.6 Å². The highest BCUT2D eigenvalue weighted by atomic mass is 16.2. The number of rotatable bonds is 2. The van der Waals surface area contributed by atoms with Crippen LogP contribution < -0.4 is 10.9 Å². The number of likely N-dealkylation sites (tertiary alicyclic amines) is 1. The fourth-order valence-electron chi connectivity index (χ4n) is 4.70. The number of nitrogens with one attached hydrogen (secondary N) is 2. The Hall–Kier alpha value is -3.81. The molecule has 4 heterocycles. The molecule has 2 N–H and O–H groups in total. The number of para-hydroxylation sites is 1. The molecule has 30 heavy (non-hydrogen) atoms. The lowest BCUT2D eigenvalue weighted by atomic mass is 9.73. The summed E-state index contributed by atoms with van der Waals surface area (Å²) in [5, 5.41) is 2.97. The van der Waals surface area contributed by atoms with Crippen LogP contribution in [0.25, 0.3) is 0 Å². The Labute approximate surface area is 172 Å². The maximum Gasteiger partial charge on any atom is 0.263 e. The number of carbonyl (C=O) groups excluding carboxylic acids is 2. The van der Waals surface area contributed by atoms with E-state index in [4.69, 9.17) is 0 Å². The van der Waals surface area contributed by atoms with Gasteiger partial charge in [-0.25, -0.2) is 4.98 Å². The maximum atomic E-state index is 13.4. The first-order valence-corrected chi connectivity index (χ1v) is 9.70. The molecule has 8 nitrogen and oxygen atoms in total. The van der Waals surface area contributed by atoms with Gasteiger partial charge in [0.15, 0.2) is 0 Å². The van der Waals surface area contributed by atoms with Crippen molar-refractivity contribution in [1.29, 1.82) is 0 Å². The molecule has 2 aliphatic rings. The van der Waals surface area contributed by atoms with Crippen LogP contribution in [-0.2, 0) is 10.2 Å². The van der Waals surface area contributed by atoms with Crippen molar-refractivity contribution in [2.24, 2.45) is 0 Å². The minimum absolute atomic E-state index is 0.0433. The molecular formula is C22H19N5O3. The van der Waals surface area contributed by atoms with Crippen molar-refractivity contribution in [3.8, 4) is 0 Å². The van der Waals surface area contributed by atoms with Gasteiger partial charge >= 0.3 is 0 Å². The van der Waals surface area contributed by atoms with Gasteiger partial charge in [0.1, 0.15) is 16.8 Å². The van der Waals surface area contributed by atoms with Crippen molar-refractivity contribution in [2.45, 2.75) is 24.8 Å². The van der Waals surface area contributed by atoms with Gasteiger partial charge in [0, 0.05) is 30.8 Å². The number of carbonyl (C=O) groups is 2. The van der Waals surface area contributed by atoms with Crippen molar-refractivity contribution in [3.05, 3.63) is 87.9 Å². The van der Waals surface area contributed by atoms with Crippen LogP contribution in [0.5, 0.6) is 0 Å². The van der Waals surface area contributed by atoms with E-state index in [9.17, 15) is 14.4 Å². The van der Waals surface area contributed by atoms with Gasteiger partial charge in [-0.1, -0.05) is 24.3 Å². The molecule has 1 aromatic carbocycles. The smallest absolute Gasteiger partial charge is 0.263 e. The lowest BCUT2D eigenvalue weighted by Crippen LogP contribution is -2.43. The molecule has 2 atom stereocenters. The van der Waals surface area contributed by atoms with Gasteiger partial charge in [0.25, 0.3) is 11.5 Å². The summed E-state index contributed by atoms with van der Waals surface area (Å²) in [6.07, 6.45) is 5.06. The molecule has 0 aliphatic carbocycles. The molecular weight excluding hydrogens is 382 g/mol. The van der Waals surface area contributed by atoms with Crippen LogP contribution in [0.2, 0.25) is 0 Å². The largest absolute Gasteiger partial charge is 0.330 e. The third-order valence-electron chi connectivity index (χ3n) is 6.00. The fraction of sp³-hybridized carbons (Fsp3) is 0.227. The fourth-order valence-corrected chi connectivity index (χ4v) is 4.70. The van der Waals surface area contributed by atoms with Gasteiger partial charge in [0.05, 0.1) is 6.04 Å². The van der Waals surface area contributed by atoms with Crippen molar-refractivity contribution in [2.75, 3.05) is 11.9 Å². The van der Waals surface area contributed by atoms with E-state index < -0.39 is 22.9 Å². The molecule has 2 aromatic heterocycles. The molecule has 0 bridgehead atoms. The van der Waals surface area contributed by atoms with Gasteiger partial charge in [-0.15, -0.1) is 0 Å². The predicted molar refractivity (Wildman–Crippen MR) is 109 cm³/mol. The van der Waals surface area contributed by atoms with Gasteiger partial charge < -0.3 is 15.2 Å². The summed E-state index contributed by atoms with van der Waals surface area (Å²) in [5.74, 6) is -0.169. The van der Waals surface area contributed by atoms with Gasteiger partial charge in [-0.2, -0.15) is 0 Å². The normalized spacial score (nSPS) is 22.2. The van der Waals surface area contributed by atoms with Crippen LogP contribution in [0, 0.1) is 6.92 Å². The van der Waals surface area contributed by atoms with Crippen LogP contribution in [0.15, 0.2) is 59.8 Å². The number of hydrogen-bond acceptors (Lipinski definition) is 5. The quantitative estimate of drug-likeness (QED) is 0.682. The number of aromatic nitrogens is 3.